The SMILES string of the molecule is COCC(O)Cc1nc(Cc2c(Cl)cccc2Cl)no1. The summed E-state index contributed by atoms with van der Waals surface area (Å²) < 4.78 is 9.91. The summed E-state index contributed by atoms with van der Waals surface area (Å²) in [5.74, 6) is 0.826. The summed E-state index contributed by atoms with van der Waals surface area (Å²) in [6.45, 7) is 0.216. The molecule has 20 heavy (non-hydrogen) atoms. The highest BCUT2D eigenvalue weighted by Crippen LogP contribution is 2.26. The molecule has 1 unspecified atom stereocenters. The van der Waals surface area contributed by atoms with Crippen molar-refractivity contribution in [3.8, 4) is 0 Å². The van der Waals surface area contributed by atoms with Gasteiger partial charge in [0.05, 0.1) is 19.1 Å². The van der Waals surface area contributed by atoms with Crippen molar-refractivity contribution in [2.24, 2.45) is 0 Å². The van der Waals surface area contributed by atoms with E-state index < -0.39 is 6.10 Å². The summed E-state index contributed by atoms with van der Waals surface area (Å²) in [4.78, 5) is 4.20. The lowest BCUT2D eigenvalue weighted by Crippen LogP contribution is -2.17. The Bertz CT molecular complexity index is 554. The van der Waals surface area contributed by atoms with Gasteiger partial charge >= 0.3 is 0 Å². The van der Waals surface area contributed by atoms with E-state index in [1.54, 1.807) is 18.2 Å². The first kappa shape index (κ1) is 15.3. The van der Waals surface area contributed by atoms with Gasteiger partial charge in [0.2, 0.25) is 5.89 Å². The van der Waals surface area contributed by atoms with Crippen LogP contribution in [0.3, 0.4) is 0 Å². The molecule has 1 atom stereocenters. The van der Waals surface area contributed by atoms with Crippen molar-refractivity contribution in [3.05, 3.63) is 45.5 Å². The second-order valence-electron chi connectivity index (χ2n) is 4.29. The summed E-state index contributed by atoms with van der Waals surface area (Å²) >= 11 is 12.2. The van der Waals surface area contributed by atoms with Crippen LogP contribution in [0.2, 0.25) is 10.0 Å². The van der Waals surface area contributed by atoms with Gasteiger partial charge < -0.3 is 14.4 Å². The number of rotatable bonds is 6. The van der Waals surface area contributed by atoms with E-state index in [-0.39, 0.29) is 13.0 Å². The van der Waals surface area contributed by atoms with Gasteiger partial charge in [0.25, 0.3) is 0 Å². The highest BCUT2D eigenvalue weighted by Gasteiger charge is 2.14. The molecule has 1 N–H and O–H groups in total. The summed E-state index contributed by atoms with van der Waals surface area (Å²) in [5.41, 5.74) is 0.751. The Morgan fingerprint density at radius 2 is 2.05 bits per heavy atom. The van der Waals surface area contributed by atoms with Gasteiger partial charge in [-0.3, -0.25) is 0 Å². The Labute approximate surface area is 126 Å². The summed E-state index contributed by atoms with van der Waals surface area (Å²) in [6.07, 6.45) is -0.0448. The highest BCUT2D eigenvalue weighted by atomic mass is 35.5. The molecule has 0 saturated heterocycles. The molecule has 0 spiro atoms. The van der Waals surface area contributed by atoms with E-state index in [1.165, 1.54) is 7.11 Å². The Kier molecular flexibility index (Phi) is 5.37. The number of aromatic nitrogens is 2. The van der Waals surface area contributed by atoms with Gasteiger partial charge in [-0.1, -0.05) is 34.4 Å². The van der Waals surface area contributed by atoms with Crippen LogP contribution in [-0.4, -0.2) is 35.1 Å². The topological polar surface area (TPSA) is 68.4 Å². The zero-order valence-electron chi connectivity index (χ0n) is 10.8. The molecule has 7 heteroatoms. The number of hydrogen-bond acceptors (Lipinski definition) is 5. The minimum Gasteiger partial charge on any atom is -0.390 e. The van der Waals surface area contributed by atoms with Crippen molar-refractivity contribution < 1.29 is 14.4 Å². The second kappa shape index (κ2) is 7.04. The van der Waals surface area contributed by atoms with Gasteiger partial charge in [0.1, 0.15) is 0 Å². The maximum atomic E-state index is 9.59. The van der Waals surface area contributed by atoms with Crippen molar-refractivity contribution in [1.82, 2.24) is 10.1 Å². The van der Waals surface area contributed by atoms with Gasteiger partial charge in [-0.05, 0) is 17.7 Å². The molecule has 5 nitrogen and oxygen atoms in total. The minimum absolute atomic E-state index is 0.216. The predicted octanol–water partition coefficient (Wildman–Crippen LogP) is 2.52. The van der Waals surface area contributed by atoms with Crippen LogP contribution in [0.4, 0.5) is 0 Å². The van der Waals surface area contributed by atoms with E-state index in [0.717, 1.165) is 5.56 Å². The van der Waals surface area contributed by atoms with Crippen molar-refractivity contribution in [1.29, 1.82) is 0 Å². The normalized spacial score (nSPS) is 12.6. The molecule has 2 rings (SSSR count). The molecule has 108 valence electrons. The van der Waals surface area contributed by atoms with Crippen LogP contribution in [0.25, 0.3) is 0 Å². The number of aliphatic hydroxyl groups excluding tert-OH is 1. The number of hydrogen-bond donors (Lipinski definition) is 1. The quantitative estimate of drug-likeness (QED) is 0.886. The van der Waals surface area contributed by atoms with Crippen molar-refractivity contribution in [2.45, 2.75) is 18.9 Å². The molecule has 0 fully saturated rings. The van der Waals surface area contributed by atoms with Crippen LogP contribution < -0.4 is 0 Å². The zero-order chi connectivity index (χ0) is 14.5. The number of halogens is 2. The van der Waals surface area contributed by atoms with Crippen molar-refractivity contribution >= 4 is 23.2 Å². The number of methoxy groups -OCH3 is 1. The highest BCUT2D eigenvalue weighted by molar-refractivity contribution is 6.36. The lowest BCUT2D eigenvalue weighted by atomic mass is 10.1. The van der Waals surface area contributed by atoms with Crippen LogP contribution in [-0.2, 0) is 17.6 Å². The van der Waals surface area contributed by atoms with Gasteiger partial charge in [-0.25, -0.2) is 0 Å². The molecule has 1 aromatic heterocycles. The largest absolute Gasteiger partial charge is 0.390 e. The Balaban J connectivity index is 2.06. The standard InChI is InChI=1S/C13H14Cl2N2O3/c1-19-7-8(18)5-13-16-12(17-20-13)6-9-10(14)3-2-4-11(9)15/h2-4,8,18H,5-7H2,1H3. The third-order valence-corrected chi connectivity index (χ3v) is 3.38. The monoisotopic (exact) mass is 316 g/mol. The average Bonchev–Trinajstić information content (AvgIpc) is 2.82. The van der Waals surface area contributed by atoms with Crippen LogP contribution >= 0.6 is 23.2 Å². The zero-order valence-corrected chi connectivity index (χ0v) is 12.4. The van der Waals surface area contributed by atoms with Crippen LogP contribution in [0.1, 0.15) is 17.3 Å². The molecule has 1 heterocycles. The van der Waals surface area contributed by atoms with Gasteiger partial charge in [-0.15, -0.1) is 0 Å². The fraction of sp³-hybridized carbons (Fsp3) is 0.385. The van der Waals surface area contributed by atoms with Crippen LogP contribution in [0.15, 0.2) is 22.7 Å². The molecule has 2 aromatic rings. The number of aliphatic hydroxyl groups is 1. The van der Waals surface area contributed by atoms with Crippen molar-refractivity contribution in [3.63, 3.8) is 0 Å². The molecule has 0 amide bonds. The van der Waals surface area contributed by atoms with E-state index in [0.29, 0.717) is 28.2 Å². The molecule has 0 bridgehead atoms. The van der Waals surface area contributed by atoms with E-state index in [4.69, 9.17) is 32.5 Å². The van der Waals surface area contributed by atoms with E-state index >= 15 is 0 Å². The predicted molar refractivity (Wildman–Crippen MR) is 75.2 cm³/mol. The Morgan fingerprint density at radius 1 is 1.35 bits per heavy atom. The summed E-state index contributed by atoms with van der Waals surface area (Å²) in [6, 6.07) is 5.29. The molecule has 0 saturated carbocycles. The number of nitrogens with zero attached hydrogens (tertiary/aromatic N) is 2. The molecule has 1 aromatic carbocycles. The van der Waals surface area contributed by atoms with Crippen LogP contribution in [0, 0.1) is 0 Å². The number of ether oxygens (including phenoxy) is 1. The first-order valence-corrected chi connectivity index (χ1v) is 6.77. The second-order valence-corrected chi connectivity index (χ2v) is 5.11. The smallest absolute Gasteiger partial charge is 0.229 e. The molecule has 0 aliphatic rings. The fourth-order valence-electron chi connectivity index (χ4n) is 1.76. The molecule has 0 aliphatic carbocycles. The van der Waals surface area contributed by atoms with E-state index in [1.807, 2.05) is 0 Å². The van der Waals surface area contributed by atoms with Crippen LogP contribution in [0.5, 0.6) is 0 Å². The average molecular weight is 317 g/mol. The number of benzene rings is 1. The molecule has 0 aliphatic heterocycles. The maximum absolute atomic E-state index is 9.59. The maximum Gasteiger partial charge on any atom is 0.229 e. The lowest BCUT2D eigenvalue weighted by molar-refractivity contribution is 0.0599. The van der Waals surface area contributed by atoms with E-state index in [9.17, 15) is 5.11 Å². The van der Waals surface area contributed by atoms with Crippen molar-refractivity contribution in [2.75, 3.05) is 13.7 Å². The summed E-state index contributed by atoms with van der Waals surface area (Å²) in [5, 5.41) is 14.6. The van der Waals surface area contributed by atoms with E-state index in [2.05, 4.69) is 10.1 Å². The molecular weight excluding hydrogens is 303 g/mol. The van der Waals surface area contributed by atoms with Gasteiger partial charge in [0, 0.05) is 23.6 Å². The molecule has 0 radical (unpaired) electrons. The third-order valence-electron chi connectivity index (χ3n) is 2.68. The first-order chi connectivity index (χ1) is 9.60. The third kappa shape index (κ3) is 3.93. The molecular formula is C13H14Cl2N2O3. The summed E-state index contributed by atoms with van der Waals surface area (Å²) in [7, 11) is 1.52. The minimum atomic E-state index is -0.669. The van der Waals surface area contributed by atoms with Gasteiger partial charge in [0.15, 0.2) is 5.82 Å². The lowest BCUT2D eigenvalue weighted by Gasteiger charge is -2.04. The fourth-order valence-corrected chi connectivity index (χ4v) is 2.29. The Morgan fingerprint density at radius 3 is 2.70 bits per heavy atom. The Hall–Kier alpha value is -1.14. The first-order valence-electron chi connectivity index (χ1n) is 6.01. The van der Waals surface area contributed by atoms with Gasteiger partial charge in [-0.2, -0.15) is 4.98 Å².